The van der Waals surface area contributed by atoms with E-state index in [0.29, 0.717) is 5.71 Å². The summed E-state index contributed by atoms with van der Waals surface area (Å²) >= 11 is 0. The predicted octanol–water partition coefficient (Wildman–Crippen LogP) is 11.6. The minimum absolute atomic E-state index is 0.643. The summed E-state index contributed by atoms with van der Waals surface area (Å²) in [6.07, 6.45) is 1.92. The van der Waals surface area contributed by atoms with Crippen molar-refractivity contribution >= 4 is 71.4 Å². The molecule has 0 N–H and O–H groups in total. The highest BCUT2D eigenvalue weighted by Gasteiger charge is 2.18. The Bertz CT molecular complexity index is 2490. The fourth-order valence-electron chi connectivity index (χ4n) is 6.55. The molecule has 2 aromatic heterocycles. The number of nitrogens with zero attached hydrogens (tertiary/aromatic N) is 2. The zero-order valence-electron chi connectivity index (χ0n) is 23.8. The molecular formula is C41H26N2O. The van der Waals surface area contributed by atoms with Gasteiger partial charge in [-0.1, -0.05) is 115 Å². The number of anilines is 3. The van der Waals surface area contributed by atoms with E-state index < -0.39 is 0 Å². The molecular weight excluding hydrogens is 536 g/mol. The highest BCUT2D eigenvalue weighted by Crippen LogP contribution is 2.41. The lowest BCUT2D eigenvalue weighted by molar-refractivity contribution is 0.654. The maximum atomic E-state index is 6.25. The average Bonchev–Trinajstić information content (AvgIpc) is 3.48. The van der Waals surface area contributed by atoms with Crippen molar-refractivity contribution in [3.63, 3.8) is 0 Å². The van der Waals surface area contributed by atoms with Crippen LogP contribution in [0.4, 0.5) is 17.1 Å². The lowest BCUT2D eigenvalue weighted by atomic mass is 10.0. The van der Waals surface area contributed by atoms with Gasteiger partial charge in [-0.3, -0.25) is 0 Å². The summed E-state index contributed by atoms with van der Waals surface area (Å²) < 4.78 is 6.25. The molecule has 206 valence electrons. The minimum Gasteiger partial charge on any atom is -0.438 e. The largest absolute Gasteiger partial charge is 0.438 e. The van der Waals surface area contributed by atoms with Gasteiger partial charge in [0.25, 0.3) is 0 Å². The second-order valence-corrected chi connectivity index (χ2v) is 11.2. The summed E-state index contributed by atoms with van der Waals surface area (Å²) in [6, 6.07) is 53.8. The summed E-state index contributed by atoms with van der Waals surface area (Å²) in [5, 5.41) is 9.36. The minimum atomic E-state index is 0.643. The first-order valence-corrected chi connectivity index (χ1v) is 14.9. The fourth-order valence-corrected chi connectivity index (χ4v) is 6.55. The van der Waals surface area contributed by atoms with E-state index >= 15 is 0 Å². The monoisotopic (exact) mass is 562 g/mol. The summed E-state index contributed by atoms with van der Waals surface area (Å²) in [6.45, 7) is 0. The normalized spacial score (nSPS) is 11.6. The van der Waals surface area contributed by atoms with Crippen molar-refractivity contribution in [2.45, 2.75) is 0 Å². The molecule has 0 saturated heterocycles. The van der Waals surface area contributed by atoms with Gasteiger partial charge in [0.05, 0.1) is 17.3 Å². The van der Waals surface area contributed by atoms with Crippen molar-refractivity contribution < 1.29 is 4.42 Å². The van der Waals surface area contributed by atoms with Crippen molar-refractivity contribution in [1.29, 1.82) is 0 Å². The van der Waals surface area contributed by atoms with E-state index in [2.05, 4.69) is 150 Å². The summed E-state index contributed by atoms with van der Waals surface area (Å²) in [5.41, 5.74) is 6.97. The number of hydrogen-bond acceptors (Lipinski definition) is 3. The van der Waals surface area contributed by atoms with Gasteiger partial charge in [-0.25, -0.2) is 4.98 Å². The van der Waals surface area contributed by atoms with E-state index in [1.165, 1.54) is 43.4 Å². The van der Waals surface area contributed by atoms with E-state index in [4.69, 9.17) is 9.40 Å². The maximum absolute atomic E-state index is 6.25. The van der Waals surface area contributed by atoms with Gasteiger partial charge in [0.1, 0.15) is 5.58 Å². The molecule has 3 heteroatoms. The summed E-state index contributed by atoms with van der Waals surface area (Å²) in [7, 11) is 0. The number of benzene rings is 7. The Labute approximate surface area is 254 Å². The zero-order valence-corrected chi connectivity index (χ0v) is 23.8. The summed E-state index contributed by atoms with van der Waals surface area (Å²) in [4.78, 5) is 7.16. The van der Waals surface area contributed by atoms with Crippen LogP contribution < -0.4 is 4.90 Å². The standard InChI is InChI=1S/C41H26N2O/c1-2-8-27(9-3-1)28-16-20-32(21-17-28)43(33-22-18-31-15-14-29-10-4-6-12-35(29)37(31)24-33)34-25-38-40-36-13-7-5-11-30(36)19-23-39(40)44-41(38)42-26-34/h1-26H. The Morgan fingerprint density at radius 3 is 1.84 bits per heavy atom. The average molecular weight is 563 g/mol. The van der Waals surface area contributed by atoms with E-state index in [0.717, 1.165) is 33.4 Å². The topological polar surface area (TPSA) is 29.3 Å². The van der Waals surface area contributed by atoms with Crippen LogP contribution in [-0.4, -0.2) is 4.98 Å². The highest BCUT2D eigenvalue weighted by atomic mass is 16.3. The van der Waals surface area contributed by atoms with Crippen molar-refractivity contribution in [3.05, 3.63) is 158 Å². The lowest BCUT2D eigenvalue weighted by Crippen LogP contribution is -2.10. The Morgan fingerprint density at radius 1 is 0.432 bits per heavy atom. The Balaban J connectivity index is 1.28. The number of pyridine rings is 1. The van der Waals surface area contributed by atoms with Gasteiger partial charge >= 0.3 is 0 Å². The van der Waals surface area contributed by atoms with Gasteiger partial charge < -0.3 is 9.32 Å². The van der Waals surface area contributed by atoms with Crippen molar-refractivity contribution in [2.75, 3.05) is 4.90 Å². The molecule has 0 unspecified atom stereocenters. The van der Waals surface area contributed by atoms with Crippen LogP contribution in [0.2, 0.25) is 0 Å². The van der Waals surface area contributed by atoms with Gasteiger partial charge in [0.2, 0.25) is 5.71 Å². The fraction of sp³-hybridized carbons (Fsp3) is 0. The zero-order chi connectivity index (χ0) is 29.0. The molecule has 0 aliphatic heterocycles. The molecule has 0 aliphatic carbocycles. The van der Waals surface area contributed by atoms with Gasteiger partial charge in [-0.15, -0.1) is 0 Å². The number of furan rings is 1. The lowest BCUT2D eigenvalue weighted by Gasteiger charge is -2.26. The van der Waals surface area contributed by atoms with Crippen molar-refractivity contribution in [2.24, 2.45) is 0 Å². The van der Waals surface area contributed by atoms with Crippen LogP contribution in [0, 0.1) is 0 Å². The second-order valence-electron chi connectivity index (χ2n) is 11.2. The molecule has 0 fully saturated rings. The Morgan fingerprint density at radius 2 is 1.02 bits per heavy atom. The van der Waals surface area contributed by atoms with Gasteiger partial charge in [-0.2, -0.15) is 0 Å². The molecule has 0 aliphatic rings. The van der Waals surface area contributed by atoms with E-state index in [1.54, 1.807) is 0 Å². The molecule has 9 rings (SSSR count). The predicted molar refractivity (Wildman–Crippen MR) is 184 cm³/mol. The first-order chi connectivity index (χ1) is 21.8. The molecule has 0 radical (unpaired) electrons. The van der Waals surface area contributed by atoms with Crippen LogP contribution in [0.3, 0.4) is 0 Å². The molecule has 3 nitrogen and oxygen atoms in total. The highest BCUT2D eigenvalue weighted by molar-refractivity contribution is 6.18. The number of fused-ring (bicyclic) bond motifs is 8. The van der Waals surface area contributed by atoms with Gasteiger partial charge in [-0.05, 0) is 79.8 Å². The second kappa shape index (κ2) is 9.82. The molecule has 0 saturated carbocycles. The van der Waals surface area contributed by atoms with E-state index in [-0.39, 0.29) is 0 Å². The molecule has 0 amide bonds. The third kappa shape index (κ3) is 3.94. The molecule has 0 atom stereocenters. The quantitative estimate of drug-likeness (QED) is 0.200. The maximum Gasteiger partial charge on any atom is 0.227 e. The number of rotatable bonds is 4. The van der Waals surface area contributed by atoms with Crippen LogP contribution in [-0.2, 0) is 0 Å². The van der Waals surface area contributed by atoms with Crippen LogP contribution in [0.15, 0.2) is 162 Å². The molecule has 2 heterocycles. The third-order valence-electron chi connectivity index (χ3n) is 8.68. The number of hydrogen-bond donors (Lipinski definition) is 0. The van der Waals surface area contributed by atoms with Crippen LogP contribution in [0.5, 0.6) is 0 Å². The first-order valence-electron chi connectivity index (χ1n) is 14.9. The Kier molecular flexibility index (Phi) is 5.50. The molecule has 9 aromatic rings. The van der Waals surface area contributed by atoms with Crippen molar-refractivity contribution in [1.82, 2.24) is 4.98 Å². The van der Waals surface area contributed by atoms with E-state index in [9.17, 15) is 0 Å². The molecule has 0 bridgehead atoms. The third-order valence-corrected chi connectivity index (χ3v) is 8.68. The number of aromatic nitrogens is 1. The molecule has 44 heavy (non-hydrogen) atoms. The van der Waals surface area contributed by atoms with Gasteiger partial charge in [0, 0.05) is 16.8 Å². The van der Waals surface area contributed by atoms with E-state index in [1.807, 2.05) is 12.3 Å². The SMILES string of the molecule is c1ccc(-c2ccc(N(c3ccc4ccc5ccccc5c4c3)c3cnc4oc5ccc6ccccc6c5c4c3)cc2)cc1. The molecule has 0 spiro atoms. The molecule has 7 aromatic carbocycles. The Hall–Kier alpha value is -5.93. The van der Waals surface area contributed by atoms with Crippen LogP contribution in [0.1, 0.15) is 0 Å². The summed E-state index contributed by atoms with van der Waals surface area (Å²) in [5.74, 6) is 0. The van der Waals surface area contributed by atoms with Gasteiger partial charge in [0.15, 0.2) is 0 Å². The first kappa shape index (κ1) is 24.6. The van der Waals surface area contributed by atoms with Crippen LogP contribution >= 0.6 is 0 Å². The van der Waals surface area contributed by atoms with Crippen LogP contribution in [0.25, 0.3) is 65.5 Å². The smallest absolute Gasteiger partial charge is 0.227 e. The van der Waals surface area contributed by atoms with Crippen molar-refractivity contribution in [3.8, 4) is 11.1 Å².